The molecule has 4 nitrogen and oxygen atoms in total. The molecule has 1 N–H and O–H groups in total. The second-order valence-electron chi connectivity index (χ2n) is 7.84. The van der Waals surface area contributed by atoms with Crippen LogP contribution in [0, 0.1) is 5.41 Å². The number of carbonyl (C=O) groups is 1. The van der Waals surface area contributed by atoms with E-state index in [1.165, 1.54) is 6.07 Å². The van der Waals surface area contributed by atoms with Crippen LogP contribution >= 0.6 is 0 Å². The van der Waals surface area contributed by atoms with E-state index >= 15 is 0 Å². The van der Waals surface area contributed by atoms with Gasteiger partial charge in [0.05, 0.1) is 12.0 Å². The van der Waals surface area contributed by atoms with Gasteiger partial charge in [-0.3, -0.25) is 10.2 Å². The molecule has 1 atom stereocenters. The number of unbranched alkanes of at least 4 members (excludes halogenated alkanes) is 1. The van der Waals surface area contributed by atoms with E-state index in [2.05, 4.69) is 5.43 Å². The fourth-order valence-corrected chi connectivity index (χ4v) is 3.40. The largest absolute Gasteiger partial charge is 0.493 e. The van der Waals surface area contributed by atoms with E-state index in [1.807, 2.05) is 19.1 Å². The van der Waals surface area contributed by atoms with Gasteiger partial charge in [0.15, 0.2) is 6.04 Å². The van der Waals surface area contributed by atoms with Gasteiger partial charge in [0.1, 0.15) is 5.75 Å². The predicted molar refractivity (Wildman–Crippen MR) is 102 cm³/mol. The lowest BCUT2D eigenvalue weighted by Crippen LogP contribution is -2.43. The molecule has 0 bridgehead atoms. The molecule has 28 heavy (non-hydrogen) atoms. The molecule has 7 heteroatoms. The van der Waals surface area contributed by atoms with Crippen LogP contribution in [0.5, 0.6) is 5.75 Å². The van der Waals surface area contributed by atoms with Crippen molar-refractivity contribution in [3.8, 4) is 5.75 Å². The summed E-state index contributed by atoms with van der Waals surface area (Å²) in [5.41, 5.74) is 1.53. The highest BCUT2D eigenvalue weighted by molar-refractivity contribution is 5.86. The molecule has 0 spiro atoms. The molecule has 0 aliphatic carbocycles. The van der Waals surface area contributed by atoms with Crippen LogP contribution in [0.15, 0.2) is 36.4 Å². The summed E-state index contributed by atoms with van der Waals surface area (Å²) in [6.45, 7) is 5.55. The van der Waals surface area contributed by atoms with Crippen LogP contribution in [0.1, 0.15) is 45.2 Å². The SMILES string of the molecule is CCCCOc1cc2ccccc2cc1[C@H](N1CC(C)(C)C(=O)N1)C(F)(F)F. The van der Waals surface area contributed by atoms with E-state index in [0.717, 1.165) is 23.2 Å². The molecule has 0 unspecified atom stereocenters. The zero-order valence-corrected chi connectivity index (χ0v) is 16.3. The van der Waals surface area contributed by atoms with Gasteiger partial charge in [-0.05, 0) is 43.2 Å². The summed E-state index contributed by atoms with van der Waals surface area (Å²) >= 11 is 0. The van der Waals surface area contributed by atoms with E-state index < -0.39 is 23.5 Å². The van der Waals surface area contributed by atoms with Crippen LogP contribution in [-0.2, 0) is 4.79 Å². The Labute approximate surface area is 162 Å². The predicted octanol–water partition coefficient (Wildman–Crippen LogP) is 5.00. The average Bonchev–Trinajstić information content (AvgIpc) is 2.86. The lowest BCUT2D eigenvalue weighted by atomic mass is 9.93. The van der Waals surface area contributed by atoms with Crippen LogP contribution in [-0.4, -0.2) is 30.2 Å². The number of hydrogen-bond donors (Lipinski definition) is 1. The molecule has 3 rings (SSSR count). The van der Waals surface area contributed by atoms with Crippen LogP contribution < -0.4 is 10.2 Å². The summed E-state index contributed by atoms with van der Waals surface area (Å²) < 4.78 is 48.2. The second-order valence-corrected chi connectivity index (χ2v) is 7.84. The number of halogens is 3. The normalized spacial score (nSPS) is 18.3. The van der Waals surface area contributed by atoms with Crippen molar-refractivity contribution in [1.82, 2.24) is 10.4 Å². The first-order valence-electron chi connectivity index (χ1n) is 9.43. The lowest BCUT2D eigenvalue weighted by molar-refractivity contribution is -0.192. The number of amides is 1. The van der Waals surface area contributed by atoms with Gasteiger partial charge in [-0.15, -0.1) is 0 Å². The highest BCUT2D eigenvalue weighted by Gasteiger charge is 2.52. The first kappa shape index (κ1) is 20.5. The second kappa shape index (κ2) is 7.62. The molecule has 1 heterocycles. The van der Waals surface area contributed by atoms with Crippen LogP contribution in [0.25, 0.3) is 10.8 Å². The summed E-state index contributed by atoms with van der Waals surface area (Å²) in [5, 5.41) is 2.49. The monoisotopic (exact) mass is 394 g/mol. The number of rotatable bonds is 6. The lowest BCUT2D eigenvalue weighted by Gasteiger charge is -2.31. The van der Waals surface area contributed by atoms with Crippen molar-refractivity contribution < 1.29 is 22.7 Å². The topological polar surface area (TPSA) is 41.6 Å². The number of nitrogens with zero attached hydrogens (tertiary/aromatic N) is 1. The summed E-state index contributed by atoms with van der Waals surface area (Å²) in [6.07, 6.45) is -2.96. The van der Waals surface area contributed by atoms with E-state index in [9.17, 15) is 18.0 Å². The molecule has 1 fully saturated rings. The summed E-state index contributed by atoms with van der Waals surface area (Å²) in [4.78, 5) is 12.1. The molecule has 1 amide bonds. The minimum absolute atomic E-state index is 0.0142. The highest BCUT2D eigenvalue weighted by atomic mass is 19.4. The molecular formula is C21H25F3N2O2. The first-order chi connectivity index (χ1) is 13.1. The number of benzene rings is 2. The first-order valence-corrected chi connectivity index (χ1v) is 9.43. The maximum Gasteiger partial charge on any atom is 0.410 e. The van der Waals surface area contributed by atoms with Crippen molar-refractivity contribution in [3.05, 3.63) is 42.0 Å². The fraction of sp³-hybridized carbons (Fsp3) is 0.476. The van der Waals surface area contributed by atoms with E-state index in [-0.39, 0.29) is 17.9 Å². The third kappa shape index (κ3) is 4.09. The summed E-state index contributed by atoms with van der Waals surface area (Å²) in [6, 6.07) is 8.42. The Morgan fingerprint density at radius 2 is 1.86 bits per heavy atom. The number of hydrogen-bond acceptors (Lipinski definition) is 3. The Bertz CT molecular complexity index is 864. The molecule has 152 valence electrons. The van der Waals surface area contributed by atoms with Crippen molar-refractivity contribution in [3.63, 3.8) is 0 Å². The molecular weight excluding hydrogens is 369 g/mol. The Morgan fingerprint density at radius 1 is 1.21 bits per heavy atom. The zero-order valence-electron chi connectivity index (χ0n) is 16.3. The molecule has 0 radical (unpaired) electrons. The molecule has 1 saturated heterocycles. The maximum atomic E-state index is 14.2. The molecule has 2 aromatic carbocycles. The van der Waals surface area contributed by atoms with Gasteiger partial charge in [0.25, 0.3) is 0 Å². The Morgan fingerprint density at radius 3 is 2.39 bits per heavy atom. The van der Waals surface area contributed by atoms with Crippen molar-refractivity contribution >= 4 is 16.7 Å². The number of alkyl halides is 3. The molecule has 0 saturated carbocycles. The van der Waals surface area contributed by atoms with Gasteiger partial charge < -0.3 is 4.74 Å². The molecule has 1 aliphatic heterocycles. The van der Waals surface area contributed by atoms with Crippen molar-refractivity contribution in [1.29, 1.82) is 0 Å². The van der Waals surface area contributed by atoms with E-state index in [0.29, 0.717) is 12.0 Å². The van der Waals surface area contributed by atoms with Gasteiger partial charge in [-0.1, -0.05) is 37.6 Å². The number of hydrazine groups is 1. The van der Waals surface area contributed by atoms with Crippen molar-refractivity contribution in [2.24, 2.45) is 5.41 Å². The minimum Gasteiger partial charge on any atom is -0.493 e. The van der Waals surface area contributed by atoms with Gasteiger partial charge in [0.2, 0.25) is 5.91 Å². The maximum absolute atomic E-state index is 14.2. The van der Waals surface area contributed by atoms with Crippen LogP contribution in [0.2, 0.25) is 0 Å². The molecule has 1 aliphatic rings. The highest BCUT2D eigenvalue weighted by Crippen LogP contribution is 2.44. The average molecular weight is 394 g/mol. The molecule has 2 aromatic rings. The van der Waals surface area contributed by atoms with Crippen molar-refractivity contribution in [2.75, 3.05) is 13.2 Å². The quantitative estimate of drug-likeness (QED) is 0.702. The third-order valence-corrected chi connectivity index (χ3v) is 4.98. The minimum atomic E-state index is -4.58. The Kier molecular flexibility index (Phi) is 5.57. The number of ether oxygens (including phenoxy) is 1. The number of fused-ring (bicyclic) bond motifs is 1. The van der Waals surface area contributed by atoms with Crippen LogP contribution in [0.3, 0.4) is 0 Å². The Hall–Kier alpha value is -2.28. The van der Waals surface area contributed by atoms with Gasteiger partial charge in [0, 0.05) is 12.1 Å². The van der Waals surface area contributed by atoms with Crippen LogP contribution in [0.4, 0.5) is 13.2 Å². The van der Waals surface area contributed by atoms with Crippen molar-refractivity contribution in [2.45, 2.75) is 45.8 Å². The third-order valence-electron chi connectivity index (χ3n) is 4.98. The zero-order chi connectivity index (χ0) is 20.5. The smallest absolute Gasteiger partial charge is 0.410 e. The van der Waals surface area contributed by atoms with Gasteiger partial charge >= 0.3 is 6.18 Å². The standard InChI is InChI=1S/C21H25F3N2O2/c1-4-5-10-28-17-12-15-9-7-6-8-14(15)11-16(17)18(21(22,23)24)26-13-20(2,3)19(27)25-26/h6-9,11-12,18H,4-5,10,13H2,1-3H3,(H,25,27)/t18-/m0/s1. The van der Waals surface area contributed by atoms with Gasteiger partial charge in [-0.25, -0.2) is 5.01 Å². The van der Waals surface area contributed by atoms with E-state index in [1.54, 1.807) is 32.0 Å². The number of nitrogens with one attached hydrogen (secondary N) is 1. The fourth-order valence-electron chi connectivity index (χ4n) is 3.40. The number of carbonyl (C=O) groups excluding carboxylic acids is 1. The Balaban J connectivity index is 2.10. The van der Waals surface area contributed by atoms with Gasteiger partial charge in [-0.2, -0.15) is 13.2 Å². The summed E-state index contributed by atoms with van der Waals surface area (Å²) in [7, 11) is 0. The van der Waals surface area contributed by atoms with E-state index in [4.69, 9.17) is 4.74 Å². The summed E-state index contributed by atoms with van der Waals surface area (Å²) in [5.74, 6) is -0.218. The molecule has 0 aromatic heterocycles.